The topological polar surface area (TPSA) is 32.3 Å². The van der Waals surface area contributed by atoms with Gasteiger partial charge in [0.2, 0.25) is 5.91 Å². The van der Waals surface area contributed by atoms with E-state index in [4.69, 9.17) is 0 Å². The number of likely N-dealkylation sites (tertiary alicyclic amines) is 1. The highest BCUT2D eigenvalue weighted by Gasteiger charge is 2.29. The van der Waals surface area contributed by atoms with E-state index in [1.807, 2.05) is 11.9 Å². The van der Waals surface area contributed by atoms with Crippen molar-refractivity contribution >= 4 is 5.91 Å². The molecule has 1 aliphatic carbocycles. The third-order valence-electron chi connectivity index (χ3n) is 3.56. The number of hydrogen-bond acceptors (Lipinski definition) is 2. The second-order valence-electron chi connectivity index (χ2n) is 4.66. The van der Waals surface area contributed by atoms with Gasteiger partial charge in [0.1, 0.15) is 0 Å². The summed E-state index contributed by atoms with van der Waals surface area (Å²) in [5.74, 6) is 1.11. The van der Waals surface area contributed by atoms with Gasteiger partial charge in [-0.2, -0.15) is 0 Å². The van der Waals surface area contributed by atoms with Gasteiger partial charge < -0.3 is 10.2 Å². The standard InChI is InChI=1S/C11H20N2O/c1-13-7-6-10(11(13)14)12-8-9-4-2-3-5-9/h9-10,12H,2-8H2,1H3. The predicted molar refractivity (Wildman–Crippen MR) is 56.0 cm³/mol. The molecule has 2 fully saturated rings. The molecule has 1 atom stereocenters. The molecular formula is C11H20N2O. The maximum absolute atomic E-state index is 11.6. The number of nitrogens with zero attached hydrogens (tertiary/aromatic N) is 1. The van der Waals surface area contributed by atoms with E-state index in [-0.39, 0.29) is 11.9 Å². The summed E-state index contributed by atoms with van der Waals surface area (Å²) in [5, 5.41) is 3.41. The third-order valence-corrected chi connectivity index (χ3v) is 3.56. The predicted octanol–water partition coefficient (Wildman–Crippen LogP) is 0.997. The Morgan fingerprint density at radius 3 is 2.64 bits per heavy atom. The quantitative estimate of drug-likeness (QED) is 0.730. The number of carbonyl (C=O) groups is 1. The van der Waals surface area contributed by atoms with Crippen LogP contribution in [0, 0.1) is 5.92 Å². The smallest absolute Gasteiger partial charge is 0.239 e. The molecule has 0 aromatic carbocycles. The number of likely N-dealkylation sites (N-methyl/N-ethyl adjacent to an activating group) is 1. The van der Waals surface area contributed by atoms with E-state index in [1.54, 1.807) is 0 Å². The minimum Gasteiger partial charge on any atom is -0.344 e. The normalized spacial score (nSPS) is 29.1. The van der Waals surface area contributed by atoms with Crippen LogP contribution >= 0.6 is 0 Å². The molecule has 0 bridgehead atoms. The van der Waals surface area contributed by atoms with Gasteiger partial charge in [0.15, 0.2) is 0 Å². The van der Waals surface area contributed by atoms with E-state index in [9.17, 15) is 4.79 Å². The fraction of sp³-hybridized carbons (Fsp3) is 0.909. The highest BCUT2D eigenvalue weighted by atomic mass is 16.2. The molecule has 1 aliphatic heterocycles. The Morgan fingerprint density at radius 1 is 1.36 bits per heavy atom. The van der Waals surface area contributed by atoms with Crippen molar-refractivity contribution in [3.63, 3.8) is 0 Å². The molecule has 14 heavy (non-hydrogen) atoms. The van der Waals surface area contributed by atoms with Crippen molar-refractivity contribution in [3.05, 3.63) is 0 Å². The third kappa shape index (κ3) is 2.08. The summed E-state index contributed by atoms with van der Waals surface area (Å²) in [4.78, 5) is 13.4. The molecule has 0 aromatic heterocycles. The Hall–Kier alpha value is -0.570. The monoisotopic (exact) mass is 196 g/mol. The Morgan fingerprint density at radius 2 is 2.07 bits per heavy atom. The molecule has 1 unspecified atom stereocenters. The maximum atomic E-state index is 11.6. The highest BCUT2D eigenvalue weighted by Crippen LogP contribution is 2.24. The number of nitrogens with one attached hydrogen (secondary N) is 1. The van der Waals surface area contributed by atoms with Gasteiger partial charge >= 0.3 is 0 Å². The lowest BCUT2D eigenvalue weighted by molar-refractivity contribution is -0.128. The summed E-state index contributed by atoms with van der Waals surface area (Å²) in [6, 6.07) is 0.112. The van der Waals surface area contributed by atoms with Crippen LogP contribution in [0.3, 0.4) is 0 Å². The Balaban J connectivity index is 1.72. The zero-order chi connectivity index (χ0) is 9.97. The molecule has 1 amide bonds. The largest absolute Gasteiger partial charge is 0.344 e. The lowest BCUT2D eigenvalue weighted by atomic mass is 10.1. The van der Waals surface area contributed by atoms with Gasteiger partial charge in [-0.05, 0) is 31.7 Å². The average molecular weight is 196 g/mol. The van der Waals surface area contributed by atoms with Crippen molar-refractivity contribution in [1.82, 2.24) is 10.2 Å². The van der Waals surface area contributed by atoms with E-state index < -0.39 is 0 Å². The SMILES string of the molecule is CN1CCC(NCC2CCCC2)C1=O. The van der Waals surface area contributed by atoms with Crippen LogP contribution < -0.4 is 5.32 Å². The molecule has 1 N–H and O–H groups in total. The molecule has 2 aliphatic rings. The van der Waals surface area contributed by atoms with Crippen LogP contribution in [0.25, 0.3) is 0 Å². The molecule has 80 valence electrons. The van der Waals surface area contributed by atoms with Crippen molar-refractivity contribution in [2.24, 2.45) is 5.92 Å². The van der Waals surface area contributed by atoms with Crippen molar-refractivity contribution in [1.29, 1.82) is 0 Å². The summed E-state index contributed by atoms with van der Waals surface area (Å²) in [5.41, 5.74) is 0. The second-order valence-corrected chi connectivity index (χ2v) is 4.66. The van der Waals surface area contributed by atoms with Crippen molar-refractivity contribution in [3.8, 4) is 0 Å². The molecular weight excluding hydrogens is 176 g/mol. The molecule has 3 nitrogen and oxygen atoms in total. The molecule has 0 aromatic rings. The molecule has 2 rings (SSSR count). The van der Waals surface area contributed by atoms with Crippen LogP contribution in [0.4, 0.5) is 0 Å². The summed E-state index contributed by atoms with van der Waals surface area (Å²) in [6.07, 6.45) is 6.45. The molecule has 1 heterocycles. The highest BCUT2D eigenvalue weighted by molar-refractivity contribution is 5.83. The Labute approximate surface area is 85.8 Å². The van der Waals surface area contributed by atoms with Gasteiger partial charge in [0.05, 0.1) is 6.04 Å². The lowest BCUT2D eigenvalue weighted by Gasteiger charge is -2.15. The summed E-state index contributed by atoms with van der Waals surface area (Å²) < 4.78 is 0. The first-order valence-corrected chi connectivity index (χ1v) is 5.76. The van der Waals surface area contributed by atoms with Crippen LogP contribution in [0.5, 0.6) is 0 Å². The van der Waals surface area contributed by atoms with Gasteiger partial charge in [-0.15, -0.1) is 0 Å². The minimum absolute atomic E-state index is 0.112. The summed E-state index contributed by atoms with van der Waals surface area (Å²) in [6.45, 7) is 1.96. The fourth-order valence-corrected chi connectivity index (χ4v) is 2.54. The zero-order valence-corrected chi connectivity index (χ0v) is 8.96. The van der Waals surface area contributed by atoms with Gasteiger partial charge in [-0.25, -0.2) is 0 Å². The van der Waals surface area contributed by atoms with Crippen LogP contribution in [0.1, 0.15) is 32.1 Å². The van der Waals surface area contributed by atoms with Gasteiger partial charge in [0, 0.05) is 13.6 Å². The Bertz CT molecular complexity index is 211. The van der Waals surface area contributed by atoms with E-state index in [1.165, 1.54) is 25.7 Å². The van der Waals surface area contributed by atoms with Gasteiger partial charge in [-0.3, -0.25) is 4.79 Å². The first kappa shape index (κ1) is 9.97. The summed E-state index contributed by atoms with van der Waals surface area (Å²) >= 11 is 0. The van der Waals surface area contributed by atoms with Crippen LogP contribution in [-0.4, -0.2) is 37.0 Å². The van der Waals surface area contributed by atoms with E-state index in [0.717, 1.165) is 25.4 Å². The number of carbonyl (C=O) groups excluding carboxylic acids is 1. The van der Waals surface area contributed by atoms with Crippen molar-refractivity contribution in [2.75, 3.05) is 20.1 Å². The number of amides is 1. The minimum atomic E-state index is 0.112. The summed E-state index contributed by atoms with van der Waals surface area (Å²) in [7, 11) is 1.89. The first-order chi connectivity index (χ1) is 6.77. The van der Waals surface area contributed by atoms with Crippen LogP contribution in [0.2, 0.25) is 0 Å². The molecule has 0 radical (unpaired) electrons. The van der Waals surface area contributed by atoms with Gasteiger partial charge in [-0.1, -0.05) is 12.8 Å². The van der Waals surface area contributed by atoms with Crippen LogP contribution in [-0.2, 0) is 4.79 Å². The Kier molecular flexibility index (Phi) is 3.06. The zero-order valence-electron chi connectivity index (χ0n) is 8.96. The first-order valence-electron chi connectivity index (χ1n) is 5.76. The van der Waals surface area contributed by atoms with E-state index >= 15 is 0 Å². The average Bonchev–Trinajstić information content (AvgIpc) is 2.77. The molecule has 3 heteroatoms. The number of rotatable bonds is 3. The molecule has 1 saturated heterocycles. The number of hydrogen-bond donors (Lipinski definition) is 1. The van der Waals surface area contributed by atoms with Crippen LogP contribution in [0.15, 0.2) is 0 Å². The van der Waals surface area contributed by atoms with E-state index in [2.05, 4.69) is 5.32 Å². The fourth-order valence-electron chi connectivity index (χ4n) is 2.54. The second kappa shape index (κ2) is 4.30. The maximum Gasteiger partial charge on any atom is 0.239 e. The molecule has 1 saturated carbocycles. The molecule has 0 spiro atoms. The van der Waals surface area contributed by atoms with Gasteiger partial charge in [0.25, 0.3) is 0 Å². The lowest BCUT2D eigenvalue weighted by Crippen LogP contribution is -2.39. The van der Waals surface area contributed by atoms with Crippen molar-refractivity contribution in [2.45, 2.75) is 38.1 Å². The van der Waals surface area contributed by atoms with E-state index in [0.29, 0.717) is 0 Å². The van der Waals surface area contributed by atoms with Crippen molar-refractivity contribution < 1.29 is 4.79 Å².